The summed E-state index contributed by atoms with van der Waals surface area (Å²) in [7, 11) is 0. The molecule has 0 aromatic carbocycles. The molecule has 468 valence electrons. The van der Waals surface area contributed by atoms with Crippen LogP contribution in [0.25, 0.3) is 0 Å². The highest BCUT2D eigenvalue weighted by atomic mass is 16.7. The Labute approximate surface area is 486 Å². The second kappa shape index (κ2) is 57.0. The molecule has 8 N–H and O–H groups in total. The largest absolute Gasteiger partial charge is 0.394 e. The quantitative estimate of drug-likeness (QED) is 0.0215. The van der Waals surface area contributed by atoms with Gasteiger partial charge in [-0.2, -0.15) is 0 Å². The average Bonchev–Trinajstić information content (AvgIpc) is 3.46. The Bertz CT molecular complexity index is 1330. The zero-order chi connectivity index (χ0) is 57.5. The fourth-order valence-electron chi connectivity index (χ4n) is 11.2. The van der Waals surface area contributed by atoms with Crippen LogP contribution in [0.1, 0.15) is 335 Å². The summed E-state index contributed by atoms with van der Waals surface area (Å²) in [6.45, 7) is 3.48. The number of aliphatic hydroxyl groups is 7. The molecule has 1 rings (SSSR count). The van der Waals surface area contributed by atoms with Gasteiger partial charge >= 0.3 is 0 Å². The second-order valence-corrected chi connectivity index (χ2v) is 24.2. The van der Waals surface area contributed by atoms with Crippen molar-refractivity contribution in [2.45, 2.75) is 390 Å². The minimum absolute atomic E-state index is 0.249. The van der Waals surface area contributed by atoms with Crippen LogP contribution >= 0.6 is 0 Å². The van der Waals surface area contributed by atoms with Crippen LogP contribution in [0.2, 0.25) is 0 Å². The van der Waals surface area contributed by atoms with E-state index in [4.69, 9.17) is 9.47 Å². The third-order valence-corrected chi connectivity index (χ3v) is 16.7. The zero-order valence-electron chi connectivity index (χ0n) is 51.6. The summed E-state index contributed by atoms with van der Waals surface area (Å²) in [5, 5.41) is 76.3. The maximum atomic E-state index is 13.2. The molecule has 79 heavy (non-hydrogen) atoms. The van der Waals surface area contributed by atoms with Crippen molar-refractivity contribution in [3.05, 3.63) is 24.3 Å². The van der Waals surface area contributed by atoms with E-state index >= 15 is 0 Å². The van der Waals surface area contributed by atoms with E-state index in [1.54, 1.807) is 0 Å². The summed E-state index contributed by atoms with van der Waals surface area (Å²) in [4.78, 5) is 13.2. The fraction of sp³-hybridized carbons (Fsp3) is 0.926. The molecule has 1 aliphatic heterocycles. The van der Waals surface area contributed by atoms with Gasteiger partial charge in [0.25, 0.3) is 0 Å². The van der Waals surface area contributed by atoms with Crippen LogP contribution in [-0.2, 0) is 14.3 Å². The molecule has 1 aliphatic rings. The standard InChI is InChI=1S/C68H131NO10/c1-3-5-7-9-11-13-15-17-19-21-23-24-25-26-27-28-29-30-31-32-33-34-35-36-37-38-40-42-44-46-48-50-52-54-56-61(72)67(77)69-59(58-78-68-66(76)65(75)64(74)62(57-70)79-68)63(73)60(71)55-53-51-49-47-45-43-41-39-22-20-18-16-14-12-10-8-6-4-2/h39,41,47,49,59-66,68,70-76H,3-38,40,42-46,48,50-58H2,1-2H3,(H,69,77)/b41-39+,49-47+. The molecule has 0 aromatic rings. The molecule has 0 aliphatic carbocycles. The Kier molecular flexibility index (Phi) is 54.6. The van der Waals surface area contributed by atoms with Crippen molar-refractivity contribution >= 4 is 5.91 Å². The predicted molar refractivity (Wildman–Crippen MR) is 330 cm³/mol. The number of carbonyl (C=O) groups excluding carboxylic acids is 1. The van der Waals surface area contributed by atoms with Crippen LogP contribution in [0.15, 0.2) is 24.3 Å². The van der Waals surface area contributed by atoms with Gasteiger partial charge in [-0.1, -0.05) is 308 Å². The van der Waals surface area contributed by atoms with Crippen molar-refractivity contribution in [3.63, 3.8) is 0 Å². The molecule has 9 unspecified atom stereocenters. The van der Waals surface area contributed by atoms with Gasteiger partial charge in [0, 0.05) is 0 Å². The van der Waals surface area contributed by atoms with E-state index in [9.17, 15) is 40.5 Å². The van der Waals surface area contributed by atoms with E-state index in [0.29, 0.717) is 19.3 Å². The first kappa shape index (κ1) is 75.6. The number of hydrogen-bond donors (Lipinski definition) is 8. The summed E-state index contributed by atoms with van der Waals surface area (Å²) in [5.41, 5.74) is 0. The van der Waals surface area contributed by atoms with Gasteiger partial charge in [-0.25, -0.2) is 0 Å². The summed E-state index contributed by atoms with van der Waals surface area (Å²) in [6.07, 6.45) is 59.9. The number of unbranched alkanes of at least 4 members (excludes halogenated alkanes) is 44. The van der Waals surface area contributed by atoms with E-state index in [-0.39, 0.29) is 12.8 Å². The Hall–Kier alpha value is -1.41. The molecule has 9 atom stereocenters. The van der Waals surface area contributed by atoms with Crippen LogP contribution in [0.3, 0.4) is 0 Å². The number of rotatable bonds is 60. The van der Waals surface area contributed by atoms with E-state index in [0.717, 1.165) is 38.5 Å². The van der Waals surface area contributed by atoms with E-state index in [2.05, 4.69) is 43.5 Å². The van der Waals surface area contributed by atoms with Gasteiger partial charge in [0.05, 0.1) is 25.4 Å². The third kappa shape index (κ3) is 44.7. The number of carbonyl (C=O) groups is 1. The summed E-state index contributed by atoms with van der Waals surface area (Å²) in [5.74, 6) is -0.704. The van der Waals surface area contributed by atoms with Crippen molar-refractivity contribution in [2.75, 3.05) is 13.2 Å². The lowest BCUT2D eigenvalue weighted by Gasteiger charge is -2.40. The van der Waals surface area contributed by atoms with Crippen LogP contribution in [0.5, 0.6) is 0 Å². The van der Waals surface area contributed by atoms with Crippen molar-refractivity contribution < 1.29 is 50.0 Å². The molecule has 11 nitrogen and oxygen atoms in total. The average molecular weight is 1120 g/mol. The van der Waals surface area contributed by atoms with Crippen LogP contribution in [0, 0.1) is 0 Å². The van der Waals surface area contributed by atoms with Gasteiger partial charge in [-0.15, -0.1) is 0 Å². The highest BCUT2D eigenvalue weighted by Gasteiger charge is 2.44. The molecule has 0 bridgehead atoms. The molecule has 0 radical (unpaired) electrons. The maximum absolute atomic E-state index is 13.2. The predicted octanol–water partition coefficient (Wildman–Crippen LogP) is 16.0. The molecule has 0 aromatic heterocycles. The van der Waals surface area contributed by atoms with Crippen molar-refractivity contribution in [1.29, 1.82) is 0 Å². The molecule has 0 spiro atoms. The van der Waals surface area contributed by atoms with Gasteiger partial charge in [0.1, 0.15) is 36.6 Å². The number of nitrogens with one attached hydrogen (secondary N) is 1. The lowest BCUT2D eigenvalue weighted by Crippen LogP contribution is -2.60. The minimum atomic E-state index is -1.67. The zero-order valence-corrected chi connectivity index (χ0v) is 51.6. The van der Waals surface area contributed by atoms with Gasteiger partial charge < -0.3 is 50.5 Å². The highest BCUT2D eigenvalue weighted by Crippen LogP contribution is 2.24. The molecular formula is C68H131NO10. The van der Waals surface area contributed by atoms with Crippen molar-refractivity contribution in [2.24, 2.45) is 0 Å². The topological polar surface area (TPSA) is 189 Å². The monoisotopic (exact) mass is 1120 g/mol. The van der Waals surface area contributed by atoms with E-state index in [1.165, 1.54) is 250 Å². The van der Waals surface area contributed by atoms with Crippen molar-refractivity contribution in [3.8, 4) is 0 Å². The molecule has 0 saturated carbocycles. The Morgan fingerprint density at radius 2 is 0.759 bits per heavy atom. The first-order chi connectivity index (χ1) is 38.7. The van der Waals surface area contributed by atoms with Crippen LogP contribution in [0.4, 0.5) is 0 Å². The first-order valence-electron chi connectivity index (χ1n) is 34.2. The normalized spacial score (nSPS) is 19.4. The number of allylic oxidation sites excluding steroid dienone is 4. The molecule has 1 fully saturated rings. The van der Waals surface area contributed by atoms with Gasteiger partial charge in [0.15, 0.2) is 6.29 Å². The number of amides is 1. The molecule has 1 heterocycles. The Morgan fingerprint density at radius 1 is 0.430 bits per heavy atom. The summed E-state index contributed by atoms with van der Waals surface area (Å²) >= 11 is 0. The minimum Gasteiger partial charge on any atom is -0.394 e. The molecule has 1 amide bonds. The molecule has 1 saturated heterocycles. The smallest absolute Gasteiger partial charge is 0.249 e. The van der Waals surface area contributed by atoms with E-state index < -0.39 is 74.2 Å². The molecule has 11 heteroatoms. The SMILES string of the molecule is CCCCCCCCCCC/C=C/CC/C=C/CCCC(O)C(O)C(COC1OC(CO)C(O)C(O)C1O)NC(=O)C(O)CCCCCCCCCCCCCCCCCCCCCCCCCCCCCCCCCCCC. The lowest BCUT2D eigenvalue weighted by atomic mass is 9.98. The third-order valence-electron chi connectivity index (χ3n) is 16.7. The summed E-state index contributed by atoms with van der Waals surface area (Å²) < 4.78 is 11.2. The highest BCUT2D eigenvalue weighted by molar-refractivity contribution is 5.80. The van der Waals surface area contributed by atoms with Gasteiger partial charge in [-0.05, 0) is 51.4 Å². The van der Waals surface area contributed by atoms with Crippen molar-refractivity contribution in [1.82, 2.24) is 5.32 Å². The Balaban J connectivity index is 2.17. The number of ether oxygens (including phenoxy) is 2. The van der Waals surface area contributed by atoms with Gasteiger partial charge in [0.2, 0.25) is 5.91 Å². The number of hydrogen-bond acceptors (Lipinski definition) is 10. The van der Waals surface area contributed by atoms with Gasteiger partial charge in [-0.3, -0.25) is 4.79 Å². The maximum Gasteiger partial charge on any atom is 0.249 e. The van der Waals surface area contributed by atoms with Crippen LogP contribution in [-0.4, -0.2) is 110 Å². The van der Waals surface area contributed by atoms with Crippen LogP contribution < -0.4 is 5.32 Å². The number of aliphatic hydroxyl groups excluding tert-OH is 7. The first-order valence-corrected chi connectivity index (χ1v) is 34.2. The van der Waals surface area contributed by atoms with E-state index in [1.807, 2.05) is 0 Å². The second-order valence-electron chi connectivity index (χ2n) is 24.2. The molecular weight excluding hydrogens is 991 g/mol. The Morgan fingerprint density at radius 3 is 1.13 bits per heavy atom. The summed E-state index contributed by atoms with van der Waals surface area (Å²) in [6, 6.07) is -1.19. The fourth-order valence-corrected chi connectivity index (χ4v) is 11.2. The lowest BCUT2D eigenvalue weighted by molar-refractivity contribution is -0.303.